The number of hydrogen-bond donors (Lipinski definition) is 0. The molecule has 3 nitrogen and oxygen atoms in total. The Balaban J connectivity index is 1.68. The summed E-state index contributed by atoms with van der Waals surface area (Å²) in [5.41, 5.74) is 0. The highest BCUT2D eigenvalue weighted by atomic mass is 16.2. The van der Waals surface area contributed by atoms with Gasteiger partial charge in [-0.3, -0.25) is 4.79 Å². The van der Waals surface area contributed by atoms with E-state index in [0.717, 1.165) is 44.4 Å². The number of piperidine rings is 1. The van der Waals surface area contributed by atoms with Gasteiger partial charge in [0.25, 0.3) is 0 Å². The van der Waals surface area contributed by atoms with Crippen molar-refractivity contribution in [2.75, 3.05) is 33.2 Å². The normalized spacial score (nSPS) is 24.1. The number of amides is 1. The van der Waals surface area contributed by atoms with Gasteiger partial charge < -0.3 is 9.80 Å². The molecule has 0 aromatic carbocycles. The molecule has 2 fully saturated rings. The third-order valence-electron chi connectivity index (χ3n) is 4.51. The summed E-state index contributed by atoms with van der Waals surface area (Å²) in [5, 5.41) is 0. The average Bonchev–Trinajstić information content (AvgIpc) is 2.18. The van der Waals surface area contributed by atoms with Crippen molar-refractivity contribution in [3.8, 4) is 0 Å². The zero-order valence-corrected chi connectivity index (χ0v) is 11.5. The molecular formula is C14H26N2O. The van der Waals surface area contributed by atoms with Gasteiger partial charge in [-0.15, -0.1) is 0 Å². The van der Waals surface area contributed by atoms with Crippen LogP contribution in [0.15, 0.2) is 0 Å². The van der Waals surface area contributed by atoms with Crippen LogP contribution in [0, 0.1) is 17.8 Å². The summed E-state index contributed by atoms with van der Waals surface area (Å²) >= 11 is 0. The molecule has 2 saturated heterocycles. The molecule has 0 spiro atoms. The van der Waals surface area contributed by atoms with Crippen molar-refractivity contribution >= 4 is 5.91 Å². The molecule has 0 atom stereocenters. The Morgan fingerprint density at radius 2 is 1.82 bits per heavy atom. The topological polar surface area (TPSA) is 23.6 Å². The van der Waals surface area contributed by atoms with Crippen LogP contribution in [0.5, 0.6) is 0 Å². The first kappa shape index (κ1) is 12.9. The van der Waals surface area contributed by atoms with Gasteiger partial charge in [0.05, 0.1) is 0 Å². The maximum absolute atomic E-state index is 12.1. The molecular weight excluding hydrogens is 212 g/mol. The number of likely N-dealkylation sites (tertiary alicyclic amines) is 2. The van der Waals surface area contributed by atoms with Gasteiger partial charge in [0, 0.05) is 19.5 Å². The van der Waals surface area contributed by atoms with Crippen LogP contribution in [0.2, 0.25) is 0 Å². The second-order valence-electron chi connectivity index (χ2n) is 6.25. The molecule has 0 unspecified atom stereocenters. The van der Waals surface area contributed by atoms with Gasteiger partial charge in [-0.1, -0.05) is 13.8 Å². The minimum Gasteiger partial charge on any atom is -0.342 e. The quantitative estimate of drug-likeness (QED) is 0.749. The number of carbonyl (C=O) groups is 1. The Labute approximate surface area is 105 Å². The van der Waals surface area contributed by atoms with Gasteiger partial charge in [-0.05, 0) is 50.7 Å². The molecule has 0 bridgehead atoms. The van der Waals surface area contributed by atoms with E-state index in [1.807, 2.05) is 0 Å². The van der Waals surface area contributed by atoms with E-state index in [1.165, 1.54) is 12.8 Å². The summed E-state index contributed by atoms with van der Waals surface area (Å²) in [4.78, 5) is 16.5. The predicted molar refractivity (Wildman–Crippen MR) is 69.7 cm³/mol. The molecule has 0 aliphatic carbocycles. The van der Waals surface area contributed by atoms with Gasteiger partial charge in [0.1, 0.15) is 0 Å². The van der Waals surface area contributed by atoms with E-state index in [4.69, 9.17) is 0 Å². The van der Waals surface area contributed by atoms with Crippen molar-refractivity contribution in [3.05, 3.63) is 0 Å². The van der Waals surface area contributed by atoms with E-state index in [1.54, 1.807) is 0 Å². The second kappa shape index (κ2) is 5.38. The van der Waals surface area contributed by atoms with Crippen molar-refractivity contribution in [3.63, 3.8) is 0 Å². The highest BCUT2D eigenvalue weighted by Crippen LogP contribution is 2.26. The fourth-order valence-corrected chi connectivity index (χ4v) is 2.78. The number of hydrogen-bond acceptors (Lipinski definition) is 2. The predicted octanol–water partition coefficient (Wildman–Crippen LogP) is 1.83. The van der Waals surface area contributed by atoms with Crippen molar-refractivity contribution in [1.82, 2.24) is 9.80 Å². The third-order valence-corrected chi connectivity index (χ3v) is 4.51. The lowest BCUT2D eigenvalue weighted by Gasteiger charge is -2.42. The van der Waals surface area contributed by atoms with E-state index >= 15 is 0 Å². The largest absolute Gasteiger partial charge is 0.342 e. The molecule has 0 radical (unpaired) electrons. The van der Waals surface area contributed by atoms with E-state index in [2.05, 4.69) is 30.7 Å². The lowest BCUT2D eigenvalue weighted by atomic mass is 9.87. The number of carbonyl (C=O) groups excluding carboxylic acids is 1. The lowest BCUT2D eigenvalue weighted by Crippen LogP contribution is -2.52. The number of rotatable bonds is 3. The molecule has 0 aromatic heterocycles. The summed E-state index contributed by atoms with van der Waals surface area (Å²) in [6, 6.07) is 0. The lowest BCUT2D eigenvalue weighted by molar-refractivity contribution is -0.139. The van der Waals surface area contributed by atoms with Crippen LogP contribution >= 0.6 is 0 Å². The van der Waals surface area contributed by atoms with E-state index in [0.29, 0.717) is 11.8 Å². The van der Waals surface area contributed by atoms with Crippen LogP contribution in [0.4, 0.5) is 0 Å². The maximum Gasteiger partial charge on any atom is 0.222 e. The highest BCUT2D eigenvalue weighted by Gasteiger charge is 2.33. The summed E-state index contributed by atoms with van der Waals surface area (Å²) in [6.45, 7) is 8.83. The minimum absolute atomic E-state index is 0.399. The SMILES string of the molecule is CC(C)C1CN(C(=O)CC2CCN(C)CC2)C1. The van der Waals surface area contributed by atoms with Crippen molar-refractivity contribution in [1.29, 1.82) is 0 Å². The Hall–Kier alpha value is -0.570. The fraction of sp³-hybridized carbons (Fsp3) is 0.929. The van der Waals surface area contributed by atoms with Crippen LogP contribution in [-0.2, 0) is 4.79 Å². The molecule has 0 aromatic rings. The first-order valence-corrected chi connectivity index (χ1v) is 7.02. The van der Waals surface area contributed by atoms with Crippen molar-refractivity contribution in [2.45, 2.75) is 33.1 Å². The molecule has 2 aliphatic rings. The van der Waals surface area contributed by atoms with Gasteiger partial charge >= 0.3 is 0 Å². The monoisotopic (exact) mass is 238 g/mol. The zero-order chi connectivity index (χ0) is 12.4. The molecule has 98 valence electrons. The Morgan fingerprint density at radius 3 is 2.35 bits per heavy atom. The van der Waals surface area contributed by atoms with Crippen LogP contribution in [0.1, 0.15) is 33.1 Å². The molecule has 2 heterocycles. The molecule has 17 heavy (non-hydrogen) atoms. The molecule has 2 rings (SSSR count). The van der Waals surface area contributed by atoms with Crippen LogP contribution in [0.3, 0.4) is 0 Å². The zero-order valence-electron chi connectivity index (χ0n) is 11.5. The summed E-state index contributed by atoms with van der Waals surface area (Å²) in [7, 11) is 2.17. The Kier molecular flexibility index (Phi) is 4.08. The van der Waals surface area contributed by atoms with Crippen LogP contribution in [0.25, 0.3) is 0 Å². The summed E-state index contributed by atoms with van der Waals surface area (Å²) < 4.78 is 0. The first-order chi connectivity index (χ1) is 8.06. The van der Waals surface area contributed by atoms with Gasteiger partial charge in [0.15, 0.2) is 0 Å². The number of nitrogens with zero attached hydrogens (tertiary/aromatic N) is 2. The van der Waals surface area contributed by atoms with Gasteiger partial charge in [0.2, 0.25) is 5.91 Å². The van der Waals surface area contributed by atoms with Gasteiger partial charge in [-0.25, -0.2) is 0 Å². The molecule has 2 aliphatic heterocycles. The maximum atomic E-state index is 12.1. The molecule has 1 amide bonds. The smallest absolute Gasteiger partial charge is 0.222 e. The molecule has 0 N–H and O–H groups in total. The van der Waals surface area contributed by atoms with Crippen LogP contribution < -0.4 is 0 Å². The fourth-order valence-electron chi connectivity index (χ4n) is 2.78. The summed E-state index contributed by atoms with van der Waals surface area (Å²) in [5.74, 6) is 2.51. The molecule has 3 heteroatoms. The Bertz CT molecular complexity index is 263. The van der Waals surface area contributed by atoms with E-state index in [9.17, 15) is 4.79 Å². The first-order valence-electron chi connectivity index (χ1n) is 7.02. The van der Waals surface area contributed by atoms with Gasteiger partial charge in [-0.2, -0.15) is 0 Å². The third kappa shape index (κ3) is 3.21. The van der Waals surface area contributed by atoms with Crippen molar-refractivity contribution < 1.29 is 4.79 Å². The van der Waals surface area contributed by atoms with E-state index in [-0.39, 0.29) is 0 Å². The van der Waals surface area contributed by atoms with Crippen molar-refractivity contribution in [2.24, 2.45) is 17.8 Å². The molecule has 0 saturated carbocycles. The van der Waals surface area contributed by atoms with Crippen LogP contribution in [-0.4, -0.2) is 48.9 Å². The summed E-state index contributed by atoms with van der Waals surface area (Å²) in [6.07, 6.45) is 3.19. The Morgan fingerprint density at radius 1 is 1.24 bits per heavy atom. The standard InChI is InChI=1S/C14H26N2O/c1-11(2)13-9-16(10-13)14(17)8-12-4-6-15(3)7-5-12/h11-13H,4-10H2,1-3H3. The van der Waals surface area contributed by atoms with E-state index < -0.39 is 0 Å². The highest BCUT2D eigenvalue weighted by molar-refractivity contribution is 5.77. The minimum atomic E-state index is 0.399. The average molecular weight is 238 g/mol. The second-order valence-corrected chi connectivity index (χ2v) is 6.25.